The minimum Gasteiger partial charge on any atom is -0.393 e. The molecule has 0 amide bonds. The molecule has 3 N–H and O–H groups in total. The summed E-state index contributed by atoms with van der Waals surface area (Å²) in [6.45, 7) is 4.52. The number of anilines is 2. The maximum absolute atomic E-state index is 5.85. The second kappa shape index (κ2) is 4.09. The molecule has 88 valence electrons. The minimum atomic E-state index is 0.282. The van der Waals surface area contributed by atoms with Gasteiger partial charge in [0, 0.05) is 6.04 Å². The van der Waals surface area contributed by atoms with Crippen molar-refractivity contribution in [3.8, 4) is 0 Å². The van der Waals surface area contributed by atoms with Crippen LogP contribution in [-0.2, 0) is 0 Å². The molecule has 0 aromatic carbocycles. The highest BCUT2D eigenvalue weighted by molar-refractivity contribution is 6.32. The van der Waals surface area contributed by atoms with Crippen LogP contribution in [0.25, 0.3) is 0 Å². The van der Waals surface area contributed by atoms with E-state index in [1.807, 2.05) is 0 Å². The van der Waals surface area contributed by atoms with E-state index in [9.17, 15) is 0 Å². The molecule has 0 saturated heterocycles. The summed E-state index contributed by atoms with van der Waals surface area (Å²) in [5.41, 5.74) is 6.55. The lowest BCUT2D eigenvalue weighted by molar-refractivity contribution is 0.349. The van der Waals surface area contributed by atoms with Gasteiger partial charge in [0.05, 0.1) is 0 Å². The van der Waals surface area contributed by atoms with Crippen LogP contribution in [0, 0.1) is 5.41 Å². The van der Waals surface area contributed by atoms with E-state index < -0.39 is 0 Å². The number of rotatable bonds is 2. The number of nitrogens with zero attached hydrogens (tertiary/aromatic N) is 2. The Balaban J connectivity index is 2.18. The minimum absolute atomic E-state index is 0.282. The van der Waals surface area contributed by atoms with Crippen molar-refractivity contribution in [1.82, 2.24) is 9.97 Å². The molecule has 1 aliphatic rings. The highest BCUT2D eigenvalue weighted by Crippen LogP contribution is 2.39. The molecule has 1 aromatic heterocycles. The second-order valence-corrected chi connectivity index (χ2v) is 5.36. The Labute approximate surface area is 101 Å². The van der Waals surface area contributed by atoms with Crippen LogP contribution in [0.1, 0.15) is 33.1 Å². The molecule has 1 aromatic rings. The van der Waals surface area contributed by atoms with Crippen molar-refractivity contribution in [2.75, 3.05) is 11.1 Å². The van der Waals surface area contributed by atoms with Gasteiger partial charge in [0.2, 0.25) is 0 Å². The average Bonchev–Trinajstić information content (AvgIpc) is 2.54. The van der Waals surface area contributed by atoms with Crippen molar-refractivity contribution in [2.45, 2.75) is 39.2 Å². The van der Waals surface area contributed by atoms with Gasteiger partial charge in [-0.2, -0.15) is 0 Å². The highest BCUT2D eigenvalue weighted by atomic mass is 35.5. The van der Waals surface area contributed by atoms with Crippen LogP contribution in [0.2, 0.25) is 5.15 Å². The SMILES string of the molecule is CC1(C)CCCC1Nc1ncnc(Cl)c1N. The van der Waals surface area contributed by atoms with Gasteiger partial charge in [-0.05, 0) is 18.3 Å². The van der Waals surface area contributed by atoms with Crippen LogP contribution < -0.4 is 11.1 Å². The Hall–Kier alpha value is -1.03. The van der Waals surface area contributed by atoms with Gasteiger partial charge in [0.1, 0.15) is 12.0 Å². The molecular formula is C11H17ClN4. The maximum atomic E-state index is 5.85. The molecule has 0 bridgehead atoms. The Morgan fingerprint density at radius 2 is 2.25 bits per heavy atom. The molecular weight excluding hydrogens is 224 g/mol. The van der Waals surface area contributed by atoms with E-state index in [-0.39, 0.29) is 5.41 Å². The van der Waals surface area contributed by atoms with E-state index in [4.69, 9.17) is 17.3 Å². The van der Waals surface area contributed by atoms with Gasteiger partial charge < -0.3 is 11.1 Å². The van der Waals surface area contributed by atoms with E-state index in [1.165, 1.54) is 19.2 Å². The first-order valence-electron chi connectivity index (χ1n) is 5.53. The lowest BCUT2D eigenvalue weighted by Gasteiger charge is -2.28. The summed E-state index contributed by atoms with van der Waals surface area (Å²) in [5, 5.41) is 3.69. The van der Waals surface area contributed by atoms with E-state index in [0.717, 1.165) is 6.42 Å². The van der Waals surface area contributed by atoms with Gasteiger partial charge in [-0.15, -0.1) is 0 Å². The Bertz CT molecular complexity index is 392. The Kier molecular flexibility index (Phi) is 2.93. The third kappa shape index (κ3) is 2.07. The summed E-state index contributed by atoms with van der Waals surface area (Å²) in [4.78, 5) is 7.98. The van der Waals surface area contributed by atoms with E-state index >= 15 is 0 Å². The van der Waals surface area contributed by atoms with Gasteiger partial charge in [0.15, 0.2) is 11.0 Å². The molecule has 2 rings (SSSR count). The van der Waals surface area contributed by atoms with Gasteiger partial charge >= 0.3 is 0 Å². The van der Waals surface area contributed by atoms with Gasteiger partial charge in [-0.25, -0.2) is 9.97 Å². The zero-order valence-corrected chi connectivity index (χ0v) is 10.4. The largest absolute Gasteiger partial charge is 0.393 e. The normalized spacial score (nSPS) is 23.3. The van der Waals surface area contributed by atoms with Crippen molar-refractivity contribution >= 4 is 23.1 Å². The fourth-order valence-corrected chi connectivity index (χ4v) is 2.38. The van der Waals surface area contributed by atoms with Gasteiger partial charge in [-0.3, -0.25) is 0 Å². The lowest BCUT2D eigenvalue weighted by atomic mass is 9.87. The first-order chi connectivity index (χ1) is 7.50. The number of nitrogens with two attached hydrogens (primary N) is 1. The van der Waals surface area contributed by atoms with Crippen molar-refractivity contribution in [3.63, 3.8) is 0 Å². The van der Waals surface area contributed by atoms with Crippen LogP contribution >= 0.6 is 11.6 Å². The summed E-state index contributed by atoms with van der Waals surface area (Å²) < 4.78 is 0. The standard InChI is InChI=1S/C11H17ClN4/c1-11(2)5-3-4-7(11)16-10-8(13)9(12)14-6-15-10/h6-7H,3-5,13H2,1-2H3,(H,14,15,16). The summed E-state index contributed by atoms with van der Waals surface area (Å²) in [5.74, 6) is 0.653. The van der Waals surface area contributed by atoms with Crippen LogP contribution in [0.4, 0.5) is 11.5 Å². The van der Waals surface area contributed by atoms with Crippen molar-refractivity contribution < 1.29 is 0 Å². The smallest absolute Gasteiger partial charge is 0.157 e. The van der Waals surface area contributed by atoms with Crippen LogP contribution in [0.15, 0.2) is 6.33 Å². The topological polar surface area (TPSA) is 63.8 Å². The molecule has 1 fully saturated rings. The number of hydrogen-bond acceptors (Lipinski definition) is 4. The van der Waals surface area contributed by atoms with E-state index in [1.54, 1.807) is 0 Å². The number of aromatic nitrogens is 2. The monoisotopic (exact) mass is 240 g/mol. The molecule has 5 heteroatoms. The number of halogens is 1. The first-order valence-corrected chi connectivity index (χ1v) is 5.91. The van der Waals surface area contributed by atoms with Crippen molar-refractivity contribution in [3.05, 3.63) is 11.5 Å². The summed E-state index contributed by atoms with van der Waals surface area (Å²) in [6, 6.07) is 0.403. The number of nitrogen functional groups attached to an aromatic ring is 1. The summed E-state index contributed by atoms with van der Waals surface area (Å²) in [7, 11) is 0. The van der Waals surface area contributed by atoms with Crippen LogP contribution in [-0.4, -0.2) is 16.0 Å². The number of nitrogens with one attached hydrogen (secondary N) is 1. The molecule has 4 nitrogen and oxygen atoms in total. The van der Waals surface area contributed by atoms with E-state index in [2.05, 4.69) is 29.1 Å². The van der Waals surface area contributed by atoms with Crippen LogP contribution in [0.3, 0.4) is 0 Å². The summed E-state index contributed by atoms with van der Waals surface area (Å²) in [6.07, 6.45) is 5.05. The summed E-state index contributed by atoms with van der Waals surface area (Å²) >= 11 is 5.85. The van der Waals surface area contributed by atoms with Crippen molar-refractivity contribution in [2.24, 2.45) is 5.41 Å². The van der Waals surface area contributed by atoms with Crippen LogP contribution in [0.5, 0.6) is 0 Å². The Morgan fingerprint density at radius 1 is 1.50 bits per heavy atom. The Morgan fingerprint density at radius 3 is 2.88 bits per heavy atom. The fraction of sp³-hybridized carbons (Fsp3) is 0.636. The highest BCUT2D eigenvalue weighted by Gasteiger charge is 2.34. The lowest BCUT2D eigenvalue weighted by Crippen LogP contribution is -2.31. The molecule has 0 radical (unpaired) electrons. The third-order valence-electron chi connectivity index (χ3n) is 3.40. The molecule has 1 unspecified atom stereocenters. The van der Waals surface area contributed by atoms with Gasteiger partial charge in [-0.1, -0.05) is 31.9 Å². The molecule has 1 saturated carbocycles. The predicted octanol–water partition coefficient (Wildman–Crippen LogP) is 2.70. The zero-order valence-electron chi connectivity index (χ0n) is 9.63. The fourth-order valence-electron chi connectivity index (χ4n) is 2.25. The second-order valence-electron chi connectivity index (χ2n) is 5.00. The third-order valence-corrected chi connectivity index (χ3v) is 3.70. The molecule has 0 aliphatic heterocycles. The zero-order chi connectivity index (χ0) is 11.8. The van der Waals surface area contributed by atoms with Gasteiger partial charge in [0.25, 0.3) is 0 Å². The molecule has 1 atom stereocenters. The maximum Gasteiger partial charge on any atom is 0.157 e. The molecule has 16 heavy (non-hydrogen) atoms. The number of hydrogen-bond donors (Lipinski definition) is 2. The molecule has 1 heterocycles. The molecule has 0 spiro atoms. The molecule has 1 aliphatic carbocycles. The van der Waals surface area contributed by atoms with E-state index in [0.29, 0.717) is 22.7 Å². The first kappa shape index (κ1) is 11.5. The van der Waals surface area contributed by atoms with Crippen molar-refractivity contribution in [1.29, 1.82) is 0 Å². The average molecular weight is 241 g/mol. The quantitative estimate of drug-likeness (QED) is 0.781. The predicted molar refractivity (Wildman–Crippen MR) is 66.5 cm³/mol.